The van der Waals surface area contributed by atoms with Crippen molar-refractivity contribution in [1.29, 1.82) is 0 Å². The predicted octanol–water partition coefficient (Wildman–Crippen LogP) is 5.85. The van der Waals surface area contributed by atoms with Crippen LogP contribution in [0.25, 0.3) is 6.08 Å². The van der Waals surface area contributed by atoms with Gasteiger partial charge in [0.05, 0.1) is 15.1 Å². The molecule has 0 aliphatic carbocycles. The third-order valence-electron chi connectivity index (χ3n) is 4.24. The second kappa shape index (κ2) is 9.82. The van der Waals surface area contributed by atoms with Crippen LogP contribution >= 0.6 is 34.4 Å². The fourth-order valence-electron chi connectivity index (χ4n) is 2.93. The SMILES string of the molecule is CCOc1cc(/C=C2/SC(=O)N(C(C)C)C2=O)cc(I)c1OCc1cccc(F)c1. The van der Waals surface area contributed by atoms with Crippen molar-refractivity contribution in [3.05, 3.63) is 61.8 Å². The van der Waals surface area contributed by atoms with Crippen LogP contribution in [0.2, 0.25) is 0 Å². The molecule has 1 saturated heterocycles. The normalized spacial score (nSPS) is 15.4. The fourth-order valence-corrected chi connectivity index (χ4v) is 4.67. The Labute approximate surface area is 192 Å². The molecule has 1 heterocycles. The number of carbonyl (C=O) groups excluding carboxylic acids is 2. The highest BCUT2D eigenvalue weighted by Crippen LogP contribution is 2.38. The molecule has 2 aromatic carbocycles. The summed E-state index contributed by atoms with van der Waals surface area (Å²) in [7, 11) is 0. The van der Waals surface area contributed by atoms with Gasteiger partial charge in [-0.15, -0.1) is 0 Å². The number of carbonyl (C=O) groups is 2. The molecule has 8 heteroatoms. The number of benzene rings is 2. The van der Waals surface area contributed by atoms with E-state index in [0.29, 0.717) is 28.6 Å². The minimum Gasteiger partial charge on any atom is -0.490 e. The van der Waals surface area contributed by atoms with E-state index in [-0.39, 0.29) is 29.6 Å². The van der Waals surface area contributed by atoms with Crippen molar-refractivity contribution in [2.75, 3.05) is 6.61 Å². The molecule has 2 amide bonds. The van der Waals surface area contributed by atoms with E-state index in [1.54, 1.807) is 38.1 Å². The lowest BCUT2D eigenvalue weighted by atomic mass is 10.1. The van der Waals surface area contributed by atoms with Gasteiger partial charge in [0, 0.05) is 6.04 Å². The number of nitrogens with zero attached hydrogens (tertiary/aromatic N) is 1. The lowest BCUT2D eigenvalue weighted by molar-refractivity contribution is -0.123. The first-order valence-electron chi connectivity index (χ1n) is 9.40. The lowest BCUT2D eigenvalue weighted by Gasteiger charge is -2.16. The monoisotopic (exact) mass is 541 g/mol. The number of hydrogen-bond acceptors (Lipinski definition) is 5. The summed E-state index contributed by atoms with van der Waals surface area (Å²) in [5, 5.41) is -0.268. The molecule has 0 spiro atoms. The van der Waals surface area contributed by atoms with E-state index in [1.807, 2.05) is 13.0 Å². The van der Waals surface area contributed by atoms with E-state index in [1.165, 1.54) is 17.0 Å². The maximum Gasteiger partial charge on any atom is 0.293 e. The smallest absolute Gasteiger partial charge is 0.293 e. The summed E-state index contributed by atoms with van der Waals surface area (Å²) in [6.07, 6.45) is 1.69. The molecule has 1 aliphatic rings. The van der Waals surface area contributed by atoms with Crippen LogP contribution in [0.5, 0.6) is 11.5 Å². The molecular formula is C22H21FINO4S. The minimum absolute atomic E-state index is 0.193. The first-order chi connectivity index (χ1) is 14.3. The van der Waals surface area contributed by atoms with Crippen molar-refractivity contribution < 1.29 is 23.5 Å². The highest BCUT2D eigenvalue weighted by Gasteiger charge is 2.36. The summed E-state index contributed by atoms with van der Waals surface area (Å²) in [6.45, 7) is 6.10. The average molecular weight is 541 g/mol. The van der Waals surface area contributed by atoms with Gasteiger partial charge in [-0.25, -0.2) is 4.39 Å². The molecule has 0 atom stereocenters. The summed E-state index contributed by atoms with van der Waals surface area (Å²) in [5.41, 5.74) is 1.44. The lowest BCUT2D eigenvalue weighted by Crippen LogP contribution is -2.34. The van der Waals surface area contributed by atoms with E-state index in [0.717, 1.165) is 20.9 Å². The van der Waals surface area contributed by atoms with Crippen LogP contribution in [-0.2, 0) is 11.4 Å². The second-order valence-electron chi connectivity index (χ2n) is 6.83. The van der Waals surface area contributed by atoms with Crippen molar-refractivity contribution in [3.63, 3.8) is 0 Å². The zero-order valence-corrected chi connectivity index (χ0v) is 19.8. The Morgan fingerprint density at radius 3 is 2.60 bits per heavy atom. The molecule has 0 bridgehead atoms. The standard InChI is InChI=1S/C22H21FINO4S/c1-4-28-18-10-15(11-19-21(26)25(13(2)3)22(27)30-19)9-17(24)20(18)29-12-14-6-5-7-16(23)8-14/h5-11,13H,4,12H2,1-3H3/b19-11+. The number of hydrogen-bond donors (Lipinski definition) is 0. The van der Waals surface area contributed by atoms with Gasteiger partial charge in [-0.1, -0.05) is 12.1 Å². The summed E-state index contributed by atoms with van der Waals surface area (Å²) >= 11 is 3.07. The van der Waals surface area contributed by atoms with Gasteiger partial charge in [0.15, 0.2) is 11.5 Å². The maximum atomic E-state index is 13.4. The number of rotatable bonds is 7. The van der Waals surface area contributed by atoms with Crippen LogP contribution < -0.4 is 9.47 Å². The largest absolute Gasteiger partial charge is 0.490 e. The van der Waals surface area contributed by atoms with E-state index < -0.39 is 0 Å². The Hall–Kier alpha value is -2.07. The van der Waals surface area contributed by atoms with Crippen LogP contribution in [-0.4, -0.2) is 28.7 Å². The van der Waals surface area contributed by atoms with Gasteiger partial charge >= 0.3 is 0 Å². The van der Waals surface area contributed by atoms with Crippen molar-refractivity contribution in [2.24, 2.45) is 0 Å². The van der Waals surface area contributed by atoms with Crippen molar-refractivity contribution >= 4 is 51.6 Å². The second-order valence-corrected chi connectivity index (χ2v) is 8.98. The molecule has 5 nitrogen and oxygen atoms in total. The molecule has 0 aromatic heterocycles. The van der Waals surface area contributed by atoms with Crippen LogP contribution in [0.3, 0.4) is 0 Å². The first kappa shape index (κ1) is 22.6. The Morgan fingerprint density at radius 1 is 1.20 bits per heavy atom. The molecule has 30 heavy (non-hydrogen) atoms. The van der Waals surface area contributed by atoms with Crippen molar-refractivity contribution in [3.8, 4) is 11.5 Å². The van der Waals surface area contributed by atoms with Gasteiger partial charge < -0.3 is 9.47 Å². The van der Waals surface area contributed by atoms with Crippen LogP contribution in [0.1, 0.15) is 31.9 Å². The van der Waals surface area contributed by atoms with Crippen molar-refractivity contribution in [1.82, 2.24) is 4.90 Å². The molecule has 1 fully saturated rings. The van der Waals surface area contributed by atoms with E-state index in [4.69, 9.17) is 9.47 Å². The van der Waals surface area contributed by atoms with Gasteiger partial charge in [0.25, 0.3) is 11.1 Å². The molecule has 0 N–H and O–H groups in total. The van der Waals surface area contributed by atoms with Gasteiger partial charge in [-0.3, -0.25) is 14.5 Å². The van der Waals surface area contributed by atoms with Crippen molar-refractivity contribution in [2.45, 2.75) is 33.4 Å². The third-order valence-corrected chi connectivity index (χ3v) is 5.93. The predicted molar refractivity (Wildman–Crippen MR) is 124 cm³/mol. The van der Waals surface area contributed by atoms with E-state index in [2.05, 4.69) is 22.6 Å². The van der Waals surface area contributed by atoms with Gasteiger partial charge in [0.2, 0.25) is 0 Å². The first-order valence-corrected chi connectivity index (χ1v) is 11.3. The van der Waals surface area contributed by atoms with Crippen LogP contribution in [0.4, 0.5) is 9.18 Å². The number of imide groups is 1. The fraction of sp³-hybridized carbons (Fsp3) is 0.273. The Balaban J connectivity index is 1.88. The summed E-state index contributed by atoms with van der Waals surface area (Å²) in [6, 6.07) is 9.66. The highest BCUT2D eigenvalue weighted by atomic mass is 127. The van der Waals surface area contributed by atoms with Gasteiger partial charge in [-0.05, 0) is 96.6 Å². The minimum atomic E-state index is -0.318. The number of halogens is 2. The molecule has 2 aromatic rings. The summed E-state index contributed by atoms with van der Waals surface area (Å²) in [5.74, 6) is 0.463. The van der Waals surface area contributed by atoms with Crippen LogP contribution in [0, 0.1) is 9.39 Å². The maximum absolute atomic E-state index is 13.4. The van der Waals surface area contributed by atoms with Gasteiger partial charge in [0.1, 0.15) is 12.4 Å². The van der Waals surface area contributed by atoms with Crippen LogP contribution in [0.15, 0.2) is 41.3 Å². The average Bonchev–Trinajstić information content (AvgIpc) is 2.94. The Bertz CT molecular complexity index is 1010. The quantitative estimate of drug-likeness (QED) is 0.325. The zero-order chi connectivity index (χ0) is 21.8. The van der Waals surface area contributed by atoms with E-state index >= 15 is 0 Å². The Morgan fingerprint density at radius 2 is 1.97 bits per heavy atom. The number of amides is 2. The Kier molecular flexibility index (Phi) is 7.41. The van der Waals surface area contributed by atoms with E-state index in [9.17, 15) is 14.0 Å². The molecular weight excluding hydrogens is 520 g/mol. The molecule has 1 aliphatic heterocycles. The zero-order valence-electron chi connectivity index (χ0n) is 16.8. The highest BCUT2D eigenvalue weighted by molar-refractivity contribution is 14.1. The molecule has 0 unspecified atom stereocenters. The summed E-state index contributed by atoms with van der Waals surface area (Å²) in [4.78, 5) is 26.3. The number of ether oxygens (including phenoxy) is 2. The third kappa shape index (κ3) is 5.15. The summed E-state index contributed by atoms with van der Waals surface area (Å²) < 4.78 is 25.9. The molecule has 0 saturated carbocycles. The topological polar surface area (TPSA) is 55.8 Å². The molecule has 0 radical (unpaired) electrons. The molecule has 158 valence electrons. The molecule has 3 rings (SSSR count). The van der Waals surface area contributed by atoms with Gasteiger partial charge in [-0.2, -0.15) is 0 Å². The number of thioether (sulfide) groups is 1.